The van der Waals surface area contributed by atoms with Crippen LogP contribution in [0.1, 0.15) is 89.9 Å². The highest BCUT2D eigenvalue weighted by molar-refractivity contribution is 7.92. The molecule has 4 aliphatic rings. The number of amides is 1. The lowest BCUT2D eigenvalue weighted by molar-refractivity contribution is -0.154. The smallest absolute Gasteiger partial charge is 0.307 e. The maximum absolute atomic E-state index is 13.5. The first-order valence-electron chi connectivity index (χ1n) is 16.1. The zero-order valence-corrected chi connectivity index (χ0v) is 26.2. The highest BCUT2D eigenvalue weighted by atomic mass is 32.2. The fourth-order valence-electron chi connectivity index (χ4n) is 7.88. The van der Waals surface area contributed by atoms with E-state index in [9.17, 15) is 52.8 Å². The summed E-state index contributed by atoms with van der Waals surface area (Å²) in [6, 6.07) is -0.393. The Morgan fingerprint density at radius 2 is 1.07 bits per heavy atom. The van der Waals surface area contributed by atoms with Crippen LogP contribution in [-0.4, -0.2) is 87.8 Å². The average molecular weight is 659 g/mol. The second kappa shape index (κ2) is 15.2. The standard InChI is InChI=1S/C30H46N2O12S/c33-26(25-14-17(28(36)37)2-12-24(25)30(40)41)31-19-3-7-21(8-4-19)45(42,43)22-9-5-20(6-10-22)32-44-15-18-13-16(27(34)35)1-11-23(18)29(38)39/h16-25,32H,1-15H2,(H,31,33)(H,34,35)(H,36,37)(H,38,39)(H,40,41). The van der Waals surface area contributed by atoms with E-state index >= 15 is 0 Å². The van der Waals surface area contributed by atoms with Gasteiger partial charge in [0.15, 0.2) is 9.84 Å². The number of carboxylic acid groups (broad SMARTS) is 4. The normalized spacial score (nSPS) is 36.0. The maximum Gasteiger partial charge on any atom is 0.307 e. The Hall–Kier alpha value is -2.78. The largest absolute Gasteiger partial charge is 0.481 e. The molecule has 0 aromatic heterocycles. The molecule has 4 fully saturated rings. The van der Waals surface area contributed by atoms with Gasteiger partial charge >= 0.3 is 23.9 Å². The molecule has 6 unspecified atom stereocenters. The van der Waals surface area contributed by atoms with Crippen LogP contribution in [0.2, 0.25) is 0 Å². The Bertz CT molecular complexity index is 1210. The van der Waals surface area contributed by atoms with Gasteiger partial charge in [0.2, 0.25) is 5.91 Å². The quantitative estimate of drug-likeness (QED) is 0.165. The Labute approximate surface area is 262 Å². The van der Waals surface area contributed by atoms with Crippen LogP contribution in [0.3, 0.4) is 0 Å². The Kier molecular flexibility index (Phi) is 11.9. The summed E-state index contributed by atoms with van der Waals surface area (Å²) in [5.41, 5.74) is 2.95. The van der Waals surface area contributed by atoms with Gasteiger partial charge in [0, 0.05) is 12.1 Å². The number of carbonyl (C=O) groups is 5. The second-order valence-corrected chi connectivity index (χ2v) is 15.9. The minimum atomic E-state index is -3.43. The molecule has 1 amide bonds. The predicted octanol–water partition coefficient (Wildman–Crippen LogP) is 2.06. The van der Waals surface area contributed by atoms with Crippen LogP contribution >= 0.6 is 0 Å². The zero-order valence-electron chi connectivity index (χ0n) is 25.3. The van der Waals surface area contributed by atoms with Gasteiger partial charge in [-0.05, 0) is 95.8 Å². The molecule has 0 spiro atoms. The number of carbonyl (C=O) groups excluding carboxylic acids is 1. The van der Waals surface area contributed by atoms with E-state index in [-0.39, 0.29) is 50.8 Å². The first-order valence-corrected chi connectivity index (χ1v) is 17.7. The van der Waals surface area contributed by atoms with Gasteiger partial charge in [-0.2, -0.15) is 5.48 Å². The molecule has 0 aliphatic heterocycles. The van der Waals surface area contributed by atoms with Crippen LogP contribution in [0.15, 0.2) is 0 Å². The van der Waals surface area contributed by atoms with Crippen molar-refractivity contribution in [3.05, 3.63) is 0 Å². The molecule has 0 aromatic carbocycles. The molecule has 6 N–H and O–H groups in total. The summed E-state index contributed by atoms with van der Waals surface area (Å²) in [7, 11) is -3.43. The van der Waals surface area contributed by atoms with Crippen molar-refractivity contribution in [1.82, 2.24) is 10.8 Å². The molecule has 0 radical (unpaired) electrons. The lowest BCUT2D eigenvalue weighted by atomic mass is 9.73. The predicted molar refractivity (Wildman–Crippen MR) is 157 cm³/mol. The van der Waals surface area contributed by atoms with Crippen molar-refractivity contribution in [3.63, 3.8) is 0 Å². The van der Waals surface area contributed by atoms with Crippen LogP contribution < -0.4 is 10.8 Å². The SMILES string of the molecule is O=C(O)C1CCC(C(=O)O)C(CONC2CCC(S(=O)(=O)C3CCC(NC(=O)C4CC(C(=O)O)CCC4C(=O)O)CC3)CC2)C1. The lowest BCUT2D eigenvalue weighted by Crippen LogP contribution is -2.48. The van der Waals surface area contributed by atoms with Crippen LogP contribution in [0, 0.1) is 35.5 Å². The Balaban J connectivity index is 1.20. The summed E-state index contributed by atoms with van der Waals surface area (Å²) < 4.78 is 27.0. The number of hydrogen-bond acceptors (Lipinski definition) is 9. The van der Waals surface area contributed by atoms with E-state index in [1.54, 1.807) is 0 Å². The summed E-state index contributed by atoms with van der Waals surface area (Å²) in [4.78, 5) is 64.8. The molecule has 4 aliphatic carbocycles. The monoisotopic (exact) mass is 658 g/mol. The van der Waals surface area contributed by atoms with E-state index < -0.39 is 85.6 Å². The summed E-state index contributed by atoms with van der Waals surface area (Å²) in [5.74, 6) is -8.83. The topological polar surface area (TPSA) is 234 Å². The first-order chi connectivity index (χ1) is 21.3. The van der Waals surface area contributed by atoms with E-state index in [0.717, 1.165) is 0 Å². The Morgan fingerprint density at radius 3 is 1.58 bits per heavy atom. The highest BCUT2D eigenvalue weighted by Gasteiger charge is 2.43. The molecule has 15 heteroatoms. The summed E-state index contributed by atoms with van der Waals surface area (Å²) >= 11 is 0. The van der Waals surface area contributed by atoms with Crippen molar-refractivity contribution in [1.29, 1.82) is 0 Å². The van der Waals surface area contributed by atoms with E-state index in [2.05, 4.69) is 10.8 Å². The van der Waals surface area contributed by atoms with Gasteiger partial charge in [0.1, 0.15) is 0 Å². The van der Waals surface area contributed by atoms with E-state index in [1.807, 2.05) is 0 Å². The molecule has 4 saturated carbocycles. The summed E-state index contributed by atoms with van der Waals surface area (Å²) in [6.45, 7) is 0.0661. The van der Waals surface area contributed by atoms with E-state index in [0.29, 0.717) is 57.8 Å². The van der Waals surface area contributed by atoms with Crippen LogP contribution in [0.25, 0.3) is 0 Å². The molecule has 254 valence electrons. The number of hydroxylamine groups is 1. The second-order valence-electron chi connectivity index (χ2n) is 13.4. The van der Waals surface area contributed by atoms with Crippen LogP contribution in [-0.2, 0) is 38.6 Å². The molecule has 6 atom stereocenters. The molecule has 4 rings (SSSR count). The van der Waals surface area contributed by atoms with Gasteiger partial charge in [0.05, 0.1) is 46.7 Å². The summed E-state index contributed by atoms with van der Waals surface area (Å²) in [5, 5.41) is 39.6. The summed E-state index contributed by atoms with van der Waals surface area (Å²) in [6.07, 6.45) is 4.81. The number of sulfone groups is 1. The number of hydrogen-bond donors (Lipinski definition) is 6. The van der Waals surface area contributed by atoms with Crippen molar-refractivity contribution in [2.45, 2.75) is 112 Å². The molecular formula is C30H46N2O12S. The third-order valence-electron chi connectivity index (χ3n) is 10.7. The van der Waals surface area contributed by atoms with Gasteiger partial charge in [-0.1, -0.05) is 0 Å². The molecule has 0 bridgehead atoms. The fourth-order valence-corrected chi connectivity index (χ4v) is 10.3. The molecule has 0 saturated heterocycles. The van der Waals surface area contributed by atoms with E-state index in [1.165, 1.54) is 0 Å². The number of nitrogens with one attached hydrogen (secondary N) is 2. The van der Waals surface area contributed by atoms with Crippen molar-refractivity contribution in [2.75, 3.05) is 6.61 Å². The third-order valence-corrected chi connectivity index (χ3v) is 13.5. The van der Waals surface area contributed by atoms with E-state index in [4.69, 9.17) is 4.84 Å². The van der Waals surface area contributed by atoms with Gasteiger partial charge in [-0.15, -0.1) is 0 Å². The zero-order chi connectivity index (χ0) is 32.9. The van der Waals surface area contributed by atoms with Crippen molar-refractivity contribution >= 4 is 39.6 Å². The number of rotatable bonds is 12. The van der Waals surface area contributed by atoms with Crippen LogP contribution in [0.4, 0.5) is 0 Å². The molecule has 14 nitrogen and oxygen atoms in total. The fraction of sp³-hybridized carbons (Fsp3) is 0.833. The molecule has 0 heterocycles. The minimum Gasteiger partial charge on any atom is -0.481 e. The van der Waals surface area contributed by atoms with Crippen molar-refractivity contribution in [2.24, 2.45) is 35.5 Å². The highest BCUT2D eigenvalue weighted by Crippen LogP contribution is 2.37. The first kappa shape index (κ1) is 35.1. The van der Waals surface area contributed by atoms with Gasteiger partial charge in [-0.25, -0.2) is 8.42 Å². The Morgan fingerprint density at radius 1 is 0.578 bits per heavy atom. The van der Waals surface area contributed by atoms with Crippen molar-refractivity contribution < 1.29 is 57.7 Å². The van der Waals surface area contributed by atoms with Gasteiger partial charge in [0.25, 0.3) is 0 Å². The lowest BCUT2D eigenvalue weighted by Gasteiger charge is -2.36. The number of aliphatic carboxylic acids is 4. The molecule has 0 aromatic rings. The molecular weight excluding hydrogens is 612 g/mol. The van der Waals surface area contributed by atoms with Crippen LogP contribution in [0.5, 0.6) is 0 Å². The maximum atomic E-state index is 13.5. The number of carboxylic acids is 4. The minimum absolute atomic E-state index is 0.0287. The third kappa shape index (κ3) is 8.73. The van der Waals surface area contributed by atoms with Gasteiger partial charge < -0.3 is 30.6 Å². The van der Waals surface area contributed by atoms with Gasteiger partial charge in [-0.3, -0.25) is 24.0 Å². The van der Waals surface area contributed by atoms with Crippen molar-refractivity contribution in [3.8, 4) is 0 Å². The molecule has 45 heavy (non-hydrogen) atoms. The average Bonchev–Trinajstić information content (AvgIpc) is 3.01.